The number of hydrogen-bond donors (Lipinski definition) is 3. The van der Waals surface area contributed by atoms with E-state index in [4.69, 9.17) is 14.7 Å². The molecule has 3 atom stereocenters. The Morgan fingerprint density at radius 2 is 2.21 bits per heavy atom. The van der Waals surface area contributed by atoms with E-state index in [2.05, 4.69) is 23.4 Å². The quantitative estimate of drug-likeness (QED) is 0.729. The summed E-state index contributed by atoms with van der Waals surface area (Å²) in [5.74, 6) is 0.332. The maximum absolute atomic E-state index is 13.0. The van der Waals surface area contributed by atoms with Crippen molar-refractivity contribution in [1.29, 1.82) is 4.78 Å². The molecular weight excluding hydrogens is 378 g/mol. The Morgan fingerprint density at radius 3 is 3.00 bits per heavy atom. The first-order valence-electron chi connectivity index (χ1n) is 9.60. The number of nitrogens with two attached hydrogens (primary N) is 1. The summed E-state index contributed by atoms with van der Waals surface area (Å²) < 4.78 is 26.6. The normalized spacial score (nSPS) is 24.2. The van der Waals surface area contributed by atoms with Crippen molar-refractivity contribution in [2.75, 3.05) is 5.32 Å². The zero-order chi connectivity index (χ0) is 19.6. The van der Waals surface area contributed by atoms with Gasteiger partial charge in [-0.3, -0.25) is 4.79 Å². The number of nitrogens with zero attached hydrogens (tertiary/aromatic N) is 2. The minimum atomic E-state index is -3.46. The first-order valence-corrected chi connectivity index (χ1v) is 11.2. The van der Waals surface area contributed by atoms with Crippen LogP contribution in [0.25, 0.3) is 0 Å². The van der Waals surface area contributed by atoms with Crippen LogP contribution in [0, 0.1) is 4.78 Å². The van der Waals surface area contributed by atoms with Gasteiger partial charge in [-0.25, -0.2) is 18.8 Å². The Kier molecular flexibility index (Phi) is 3.82. The number of aromatic nitrogens is 2. The van der Waals surface area contributed by atoms with Gasteiger partial charge in [-0.1, -0.05) is 13.0 Å². The van der Waals surface area contributed by atoms with Crippen LogP contribution in [0.4, 0.5) is 5.69 Å². The Labute approximate surface area is 163 Å². The van der Waals surface area contributed by atoms with E-state index in [0.717, 1.165) is 37.8 Å². The molecule has 1 amide bonds. The number of carbonyl (C=O) groups excluding carboxylic acids is 1. The molecule has 3 aliphatic rings. The van der Waals surface area contributed by atoms with Crippen molar-refractivity contribution in [2.24, 2.45) is 5.14 Å². The summed E-state index contributed by atoms with van der Waals surface area (Å²) in [6.45, 7) is 2.42. The van der Waals surface area contributed by atoms with Crippen molar-refractivity contribution < 1.29 is 13.7 Å². The molecule has 148 valence electrons. The van der Waals surface area contributed by atoms with E-state index in [0.29, 0.717) is 5.92 Å². The highest BCUT2D eigenvalue weighted by molar-refractivity contribution is 7.90. The Morgan fingerprint density at radius 1 is 1.39 bits per heavy atom. The number of amides is 1. The monoisotopic (exact) mass is 401 g/mol. The fraction of sp³-hybridized carbons (Fsp3) is 0.474. The van der Waals surface area contributed by atoms with Gasteiger partial charge >= 0.3 is 0 Å². The average Bonchev–Trinajstić information content (AvgIpc) is 3.36. The molecule has 0 fully saturated rings. The number of rotatable bonds is 3. The second kappa shape index (κ2) is 6.05. The lowest BCUT2D eigenvalue weighted by Gasteiger charge is -2.20. The standard InChI is InChI=1S/C19H23N5O3S/c1-10-5-6-12-7-11-3-2-4-13(11)17(16(10)12)23-18(25)14-9-24-19(27-14)15(8-22-24)28(20,21)26/h7-8,10,14H,2-6,9H2,1H3,(H,23,25)(H3,20,21,26)/t10-,14?/m0/s1. The first kappa shape index (κ1) is 17.7. The van der Waals surface area contributed by atoms with E-state index < -0.39 is 16.0 Å². The maximum atomic E-state index is 13.0. The minimum absolute atomic E-state index is 0.0258. The molecule has 5 rings (SSSR count). The van der Waals surface area contributed by atoms with Crippen molar-refractivity contribution in [3.63, 3.8) is 0 Å². The molecule has 8 nitrogen and oxygen atoms in total. The second-order valence-electron chi connectivity index (χ2n) is 7.95. The summed E-state index contributed by atoms with van der Waals surface area (Å²) in [4.78, 5) is 13.0. The third-order valence-electron chi connectivity index (χ3n) is 6.09. The van der Waals surface area contributed by atoms with Crippen LogP contribution in [0.3, 0.4) is 0 Å². The van der Waals surface area contributed by atoms with E-state index in [1.165, 1.54) is 33.1 Å². The number of anilines is 1. The summed E-state index contributed by atoms with van der Waals surface area (Å²) in [5.41, 5.74) is 6.19. The lowest BCUT2D eigenvalue weighted by Crippen LogP contribution is -2.33. The van der Waals surface area contributed by atoms with Crippen LogP contribution in [0.2, 0.25) is 0 Å². The van der Waals surface area contributed by atoms with Gasteiger partial charge in [0.2, 0.25) is 5.88 Å². The van der Waals surface area contributed by atoms with Gasteiger partial charge in [0.05, 0.1) is 12.7 Å². The molecule has 28 heavy (non-hydrogen) atoms. The molecule has 0 bridgehead atoms. The zero-order valence-electron chi connectivity index (χ0n) is 15.7. The topological polar surface area (TPSA) is 123 Å². The van der Waals surface area contributed by atoms with Gasteiger partial charge in [-0.05, 0) is 60.3 Å². The third kappa shape index (κ3) is 2.64. The molecule has 2 heterocycles. The lowest BCUT2D eigenvalue weighted by atomic mass is 9.94. The number of hydrogen-bond acceptors (Lipinski definition) is 5. The van der Waals surface area contributed by atoms with Gasteiger partial charge in [0.15, 0.2) is 6.10 Å². The van der Waals surface area contributed by atoms with Crippen molar-refractivity contribution in [3.8, 4) is 5.88 Å². The molecule has 0 spiro atoms. The highest BCUT2D eigenvalue weighted by Gasteiger charge is 2.36. The third-order valence-corrected chi connectivity index (χ3v) is 7.02. The van der Waals surface area contributed by atoms with Crippen molar-refractivity contribution in [2.45, 2.75) is 62.5 Å². The van der Waals surface area contributed by atoms with Gasteiger partial charge in [0.1, 0.15) is 14.8 Å². The first-order chi connectivity index (χ1) is 13.3. The Hall–Kier alpha value is -2.39. The second-order valence-corrected chi connectivity index (χ2v) is 9.59. The van der Waals surface area contributed by atoms with Crippen LogP contribution in [0.1, 0.15) is 47.9 Å². The van der Waals surface area contributed by atoms with E-state index >= 15 is 0 Å². The molecular formula is C19H23N5O3S. The highest BCUT2D eigenvalue weighted by atomic mass is 32.2. The SMILES string of the molecule is C[C@H]1CCc2cc3c(c(NC(=O)C4Cn5ncc(S(=N)(N)=O)c5O4)c21)CCC3. The molecule has 0 radical (unpaired) electrons. The van der Waals surface area contributed by atoms with Gasteiger partial charge < -0.3 is 10.1 Å². The van der Waals surface area contributed by atoms with E-state index in [-0.39, 0.29) is 23.2 Å². The molecule has 0 saturated carbocycles. The molecule has 0 saturated heterocycles. The number of carbonyl (C=O) groups is 1. The molecule has 1 aliphatic heterocycles. The Bertz CT molecular complexity index is 1110. The Balaban J connectivity index is 1.44. The predicted molar refractivity (Wildman–Crippen MR) is 104 cm³/mol. The number of aryl methyl sites for hydroxylation is 2. The van der Waals surface area contributed by atoms with Gasteiger partial charge in [0.25, 0.3) is 5.91 Å². The smallest absolute Gasteiger partial charge is 0.267 e. The van der Waals surface area contributed by atoms with Crippen LogP contribution in [-0.2, 0) is 40.5 Å². The van der Waals surface area contributed by atoms with Crippen LogP contribution in [-0.4, -0.2) is 26.0 Å². The van der Waals surface area contributed by atoms with Crippen molar-refractivity contribution in [3.05, 3.63) is 34.5 Å². The van der Waals surface area contributed by atoms with Gasteiger partial charge in [-0.15, -0.1) is 0 Å². The van der Waals surface area contributed by atoms with Crippen LogP contribution in [0.15, 0.2) is 17.2 Å². The predicted octanol–water partition coefficient (Wildman–Crippen LogP) is 2.10. The number of ether oxygens (including phenoxy) is 1. The maximum Gasteiger partial charge on any atom is 0.267 e. The molecule has 2 aliphatic carbocycles. The number of nitrogens with one attached hydrogen (secondary N) is 2. The number of benzene rings is 1. The largest absolute Gasteiger partial charge is 0.461 e. The molecule has 1 aromatic heterocycles. The summed E-state index contributed by atoms with van der Waals surface area (Å²) in [7, 11) is -3.46. The number of fused-ring (bicyclic) bond motifs is 3. The minimum Gasteiger partial charge on any atom is -0.461 e. The van der Waals surface area contributed by atoms with Crippen LogP contribution in [0.5, 0.6) is 5.88 Å². The summed E-state index contributed by atoms with van der Waals surface area (Å²) in [5, 5.41) is 12.6. The van der Waals surface area contributed by atoms with Crippen molar-refractivity contribution in [1.82, 2.24) is 9.78 Å². The van der Waals surface area contributed by atoms with Crippen molar-refractivity contribution >= 4 is 21.5 Å². The summed E-state index contributed by atoms with van der Waals surface area (Å²) in [6.07, 6.45) is 5.81. The molecule has 2 aromatic rings. The highest BCUT2D eigenvalue weighted by Crippen LogP contribution is 2.44. The van der Waals surface area contributed by atoms with E-state index in [1.54, 1.807) is 0 Å². The zero-order valence-corrected chi connectivity index (χ0v) is 16.5. The molecule has 9 heteroatoms. The fourth-order valence-corrected chi connectivity index (χ4v) is 5.35. The molecule has 4 N–H and O–H groups in total. The van der Waals surface area contributed by atoms with E-state index in [9.17, 15) is 9.00 Å². The summed E-state index contributed by atoms with van der Waals surface area (Å²) in [6, 6.07) is 2.33. The van der Waals surface area contributed by atoms with Gasteiger partial charge in [-0.2, -0.15) is 5.10 Å². The molecule has 1 aromatic carbocycles. The van der Waals surface area contributed by atoms with E-state index in [1.807, 2.05) is 0 Å². The molecule has 2 unspecified atom stereocenters. The van der Waals surface area contributed by atoms with Crippen LogP contribution < -0.4 is 15.2 Å². The summed E-state index contributed by atoms with van der Waals surface area (Å²) >= 11 is 0. The lowest BCUT2D eigenvalue weighted by molar-refractivity contribution is -0.122. The van der Waals surface area contributed by atoms with Crippen LogP contribution >= 0.6 is 0 Å². The average molecular weight is 401 g/mol. The van der Waals surface area contributed by atoms with Gasteiger partial charge in [0, 0.05) is 5.69 Å². The fourth-order valence-electron chi connectivity index (χ4n) is 4.74.